The average Bonchev–Trinajstić information content (AvgIpc) is 2.19. The molecule has 0 amide bonds. The van der Waals surface area contributed by atoms with Crippen LogP contribution in [-0.2, 0) is 10.7 Å². The first-order valence-electron chi connectivity index (χ1n) is 4.25. The van der Waals surface area contributed by atoms with E-state index in [2.05, 4.69) is 0 Å². The van der Waals surface area contributed by atoms with Gasteiger partial charge in [0.1, 0.15) is 0 Å². The number of ketones is 1. The Balaban J connectivity index is 2.90. The SMILES string of the molecule is NCCC(=O)C(F)(F)c1ccccc1. The van der Waals surface area contributed by atoms with Crippen molar-refractivity contribution in [1.82, 2.24) is 0 Å². The van der Waals surface area contributed by atoms with Crippen LogP contribution in [0.5, 0.6) is 0 Å². The predicted molar refractivity (Wildman–Crippen MR) is 49.0 cm³/mol. The molecule has 1 aromatic rings. The van der Waals surface area contributed by atoms with Gasteiger partial charge in [-0.2, -0.15) is 8.78 Å². The zero-order chi connectivity index (χ0) is 10.6. The van der Waals surface area contributed by atoms with E-state index < -0.39 is 11.7 Å². The summed E-state index contributed by atoms with van der Waals surface area (Å²) in [7, 11) is 0. The molecule has 0 heterocycles. The van der Waals surface area contributed by atoms with Crippen molar-refractivity contribution >= 4 is 5.78 Å². The van der Waals surface area contributed by atoms with Gasteiger partial charge in [-0.3, -0.25) is 4.79 Å². The molecule has 0 saturated carbocycles. The maximum absolute atomic E-state index is 13.3. The number of carbonyl (C=O) groups excluding carboxylic acids is 1. The molecular weight excluding hydrogens is 188 g/mol. The van der Waals surface area contributed by atoms with Crippen molar-refractivity contribution in [1.29, 1.82) is 0 Å². The number of hydrogen-bond acceptors (Lipinski definition) is 2. The van der Waals surface area contributed by atoms with E-state index >= 15 is 0 Å². The molecule has 0 unspecified atom stereocenters. The minimum absolute atomic E-state index is 0.0543. The van der Waals surface area contributed by atoms with Crippen LogP contribution in [0.3, 0.4) is 0 Å². The molecule has 1 rings (SSSR count). The lowest BCUT2D eigenvalue weighted by Gasteiger charge is -2.14. The fourth-order valence-electron chi connectivity index (χ4n) is 1.10. The number of Topliss-reactive ketones (excluding diaryl/α,β-unsaturated/α-hetero) is 1. The molecule has 0 aliphatic heterocycles. The standard InChI is InChI=1S/C10H11F2NO/c11-10(12,9(14)6-7-13)8-4-2-1-3-5-8/h1-5H,6-7,13H2. The summed E-state index contributed by atoms with van der Waals surface area (Å²) in [6, 6.07) is 7.02. The Bertz CT molecular complexity index is 311. The van der Waals surface area contributed by atoms with Crippen LogP contribution >= 0.6 is 0 Å². The van der Waals surface area contributed by atoms with Crippen LogP contribution in [0.1, 0.15) is 12.0 Å². The highest BCUT2D eigenvalue weighted by molar-refractivity contribution is 5.86. The number of carbonyl (C=O) groups is 1. The second-order valence-corrected chi connectivity index (χ2v) is 2.90. The molecule has 0 saturated heterocycles. The Labute approximate surface area is 80.7 Å². The number of benzene rings is 1. The van der Waals surface area contributed by atoms with Crippen molar-refractivity contribution in [3.8, 4) is 0 Å². The largest absolute Gasteiger partial charge is 0.330 e. The summed E-state index contributed by atoms with van der Waals surface area (Å²) in [5.74, 6) is -4.55. The molecule has 0 radical (unpaired) electrons. The van der Waals surface area contributed by atoms with E-state index in [0.717, 1.165) is 0 Å². The molecule has 14 heavy (non-hydrogen) atoms. The van der Waals surface area contributed by atoms with Gasteiger partial charge in [-0.15, -0.1) is 0 Å². The molecule has 0 aliphatic rings. The van der Waals surface area contributed by atoms with E-state index in [9.17, 15) is 13.6 Å². The quantitative estimate of drug-likeness (QED) is 0.801. The zero-order valence-corrected chi connectivity index (χ0v) is 7.54. The lowest BCUT2D eigenvalue weighted by molar-refractivity contribution is -0.144. The first-order valence-corrected chi connectivity index (χ1v) is 4.25. The molecule has 0 aliphatic carbocycles. The molecular formula is C10H11F2NO. The van der Waals surface area contributed by atoms with E-state index in [0.29, 0.717) is 0 Å². The third-order valence-electron chi connectivity index (χ3n) is 1.86. The summed E-state index contributed by atoms with van der Waals surface area (Å²) < 4.78 is 26.7. The van der Waals surface area contributed by atoms with Crippen LogP contribution in [0.4, 0.5) is 8.78 Å². The van der Waals surface area contributed by atoms with Crippen molar-refractivity contribution in [2.75, 3.05) is 6.54 Å². The Hall–Kier alpha value is -1.29. The highest BCUT2D eigenvalue weighted by Gasteiger charge is 2.39. The lowest BCUT2D eigenvalue weighted by Crippen LogP contribution is -2.27. The van der Waals surface area contributed by atoms with Crippen LogP contribution in [0.2, 0.25) is 0 Å². The van der Waals surface area contributed by atoms with E-state index in [1.54, 1.807) is 6.07 Å². The minimum atomic E-state index is -3.42. The fourth-order valence-corrected chi connectivity index (χ4v) is 1.10. The second kappa shape index (κ2) is 4.28. The van der Waals surface area contributed by atoms with Crippen LogP contribution in [0.15, 0.2) is 30.3 Å². The summed E-state index contributed by atoms with van der Waals surface area (Å²) in [5.41, 5.74) is 4.77. The third-order valence-corrected chi connectivity index (χ3v) is 1.86. The van der Waals surface area contributed by atoms with Crippen LogP contribution in [0.25, 0.3) is 0 Å². The topological polar surface area (TPSA) is 43.1 Å². The highest BCUT2D eigenvalue weighted by Crippen LogP contribution is 2.29. The summed E-state index contributed by atoms with van der Waals surface area (Å²) >= 11 is 0. The van der Waals surface area contributed by atoms with Gasteiger partial charge < -0.3 is 5.73 Å². The maximum Gasteiger partial charge on any atom is 0.330 e. The fraction of sp³-hybridized carbons (Fsp3) is 0.300. The van der Waals surface area contributed by atoms with Gasteiger partial charge >= 0.3 is 5.92 Å². The smallest absolute Gasteiger partial charge is 0.330 e. The van der Waals surface area contributed by atoms with Gasteiger partial charge in [-0.1, -0.05) is 30.3 Å². The lowest BCUT2D eigenvalue weighted by atomic mass is 10.0. The van der Waals surface area contributed by atoms with Crippen molar-refractivity contribution in [3.63, 3.8) is 0 Å². The molecule has 0 aromatic heterocycles. The summed E-state index contributed by atoms with van der Waals surface area (Å²) in [6.07, 6.45) is -0.304. The molecule has 4 heteroatoms. The number of hydrogen-bond donors (Lipinski definition) is 1. The number of alkyl halides is 2. The summed E-state index contributed by atoms with van der Waals surface area (Å²) in [5, 5.41) is 0. The monoisotopic (exact) mass is 199 g/mol. The van der Waals surface area contributed by atoms with Gasteiger partial charge in [0.2, 0.25) is 5.78 Å². The summed E-state index contributed by atoms with van der Waals surface area (Å²) in [6.45, 7) is -0.0543. The van der Waals surface area contributed by atoms with Crippen LogP contribution in [0, 0.1) is 0 Å². The number of halogens is 2. The number of rotatable bonds is 4. The Morgan fingerprint density at radius 3 is 2.36 bits per heavy atom. The molecule has 0 bridgehead atoms. The maximum atomic E-state index is 13.3. The molecule has 2 nitrogen and oxygen atoms in total. The van der Waals surface area contributed by atoms with Crippen LogP contribution in [-0.4, -0.2) is 12.3 Å². The highest BCUT2D eigenvalue weighted by atomic mass is 19.3. The van der Waals surface area contributed by atoms with Crippen molar-refractivity contribution < 1.29 is 13.6 Å². The Morgan fingerprint density at radius 1 is 1.29 bits per heavy atom. The van der Waals surface area contributed by atoms with E-state index in [1.165, 1.54) is 24.3 Å². The van der Waals surface area contributed by atoms with E-state index in [4.69, 9.17) is 5.73 Å². The van der Waals surface area contributed by atoms with Gasteiger partial charge in [-0.25, -0.2) is 0 Å². The Morgan fingerprint density at radius 2 is 1.86 bits per heavy atom. The van der Waals surface area contributed by atoms with E-state index in [-0.39, 0.29) is 18.5 Å². The second-order valence-electron chi connectivity index (χ2n) is 2.90. The average molecular weight is 199 g/mol. The van der Waals surface area contributed by atoms with Crippen molar-refractivity contribution in [2.45, 2.75) is 12.3 Å². The third kappa shape index (κ3) is 2.14. The van der Waals surface area contributed by atoms with Gasteiger partial charge in [0, 0.05) is 12.0 Å². The van der Waals surface area contributed by atoms with Crippen molar-refractivity contribution in [2.24, 2.45) is 5.73 Å². The normalized spacial score (nSPS) is 11.4. The van der Waals surface area contributed by atoms with Gasteiger partial charge in [0.25, 0.3) is 0 Å². The molecule has 76 valence electrons. The molecule has 2 N–H and O–H groups in total. The van der Waals surface area contributed by atoms with E-state index in [1.807, 2.05) is 0 Å². The first kappa shape index (κ1) is 10.8. The summed E-state index contributed by atoms with van der Waals surface area (Å²) in [4.78, 5) is 11.0. The van der Waals surface area contributed by atoms with Crippen LogP contribution < -0.4 is 5.73 Å². The molecule has 1 aromatic carbocycles. The minimum Gasteiger partial charge on any atom is -0.330 e. The number of nitrogens with two attached hydrogens (primary N) is 1. The van der Waals surface area contributed by atoms with Crippen molar-refractivity contribution in [3.05, 3.63) is 35.9 Å². The van der Waals surface area contributed by atoms with Gasteiger partial charge in [-0.05, 0) is 6.54 Å². The molecule has 0 fully saturated rings. The van der Waals surface area contributed by atoms with Gasteiger partial charge in [0.05, 0.1) is 0 Å². The molecule has 0 spiro atoms. The zero-order valence-electron chi connectivity index (χ0n) is 7.54. The Kier molecular flexibility index (Phi) is 3.30. The first-order chi connectivity index (χ1) is 6.59. The predicted octanol–water partition coefficient (Wildman–Crippen LogP) is 1.70. The molecule has 0 atom stereocenters. The van der Waals surface area contributed by atoms with Gasteiger partial charge in [0.15, 0.2) is 0 Å².